The summed E-state index contributed by atoms with van der Waals surface area (Å²) in [5.41, 5.74) is 2.97. The third-order valence-corrected chi connectivity index (χ3v) is 4.70. The first kappa shape index (κ1) is 17.2. The van der Waals surface area contributed by atoms with Crippen molar-refractivity contribution in [3.05, 3.63) is 30.2 Å². The van der Waals surface area contributed by atoms with E-state index < -0.39 is 0 Å². The molecule has 1 atom stereocenters. The molecule has 1 saturated heterocycles. The number of hydrogen-bond donors (Lipinski definition) is 0. The lowest BCUT2D eigenvalue weighted by Gasteiger charge is -2.13. The molecule has 0 radical (unpaired) electrons. The smallest absolute Gasteiger partial charge is 0.136 e. The van der Waals surface area contributed by atoms with Crippen LogP contribution in [0, 0.1) is 0 Å². The van der Waals surface area contributed by atoms with E-state index in [2.05, 4.69) is 22.5 Å². The Kier molecular flexibility index (Phi) is 5.04. The van der Waals surface area contributed by atoms with Crippen molar-refractivity contribution >= 4 is 21.9 Å². The van der Waals surface area contributed by atoms with E-state index in [1.165, 1.54) is 0 Å². The van der Waals surface area contributed by atoms with Gasteiger partial charge < -0.3 is 18.8 Å². The summed E-state index contributed by atoms with van der Waals surface area (Å²) in [7, 11) is 0. The van der Waals surface area contributed by atoms with Gasteiger partial charge in [-0.05, 0) is 31.5 Å². The van der Waals surface area contributed by atoms with Gasteiger partial charge in [-0.2, -0.15) is 0 Å². The average Bonchev–Trinajstić information content (AvgIpc) is 3.28. The molecular formula is C20H25N3O3. The van der Waals surface area contributed by atoms with E-state index in [0.717, 1.165) is 59.5 Å². The monoisotopic (exact) mass is 355 g/mol. The molecule has 6 nitrogen and oxygen atoms in total. The Hall–Kier alpha value is -2.18. The number of nitrogens with zero attached hydrogens (tertiary/aromatic N) is 3. The van der Waals surface area contributed by atoms with Crippen molar-refractivity contribution in [1.82, 2.24) is 14.5 Å². The lowest BCUT2D eigenvalue weighted by atomic mass is 10.1. The van der Waals surface area contributed by atoms with E-state index >= 15 is 0 Å². The van der Waals surface area contributed by atoms with Crippen LogP contribution in [0.2, 0.25) is 0 Å². The largest absolute Gasteiger partial charge is 0.488 e. The molecule has 1 unspecified atom stereocenters. The van der Waals surface area contributed by atoms with E-state index in [-0.39, 0.29) is 6.10 Å². The van der Waals surface area contributed by atoms with Crippen molar-refractivity contribution in [3.8, 4) is 5.75 Å². The third kappa shape index (κ3) is 3.27. The highest BCUT2D eigenvalue weighted by Gasteiger charge is 2.18. The summed E-state index contributed by atoms with van der Waals surface area (Å²) < 4.78 is 19.4. The second-order valence-corrected chi connectivity index (χ2v) is 6.59. The lowest BCUT2D eigenvalue weighted by molar-refractivity contribution is 0.126. The highest BCUT2D eigenvalue weighted by atomic mass is 16.5. The molecule has 2 aromatic heterocycles. The van der Waals surface area contributed by atoms with Crippen LogP contribution in [0.1, 0.15) is 32.5 Å². The molecule has 1 aliphatic heterocycles. The molecule has 3 heterocycles. The maximum atomic E-state index is 6.10. The van der Waals surface area contributed by atoms with Gasteiger partial charge in [0, 0.05) is 25.0 Å². The number of fused-ring (bicyclic) bond motifs is 3. The first-order chi connectivity index (χ1) is 12.8. The average molecular weight is 355 g/mol. The summed E-state index contributed by atoms with van der Waals surface area (Å²) in [6.45, 7) is 7.70. The summed E-state index contributed by atoms with van der Waals surface area (Å²) in [6, 6.07) is 6.09. The van der Waals surface area contributed by atoms with Crippen LogP contribution >= 0.6 is 0 Å². The minimum atomic E-state index is 0.133. The molecule has 0 amide bonds. The maximum Gasteiger partial charge on any atom is 0.136 e. The molecule has 6 heteroatoms. The van der Waals surface area contributed by atoms with Crippen molar-refractivity contribution < 1.29 is 14.2 Å². The van der Waals surface area contributed by atoms with E-state index in [1.807, 2.05) is 25.3 Å². The molecule has 138 valence electrons. The van der Waals surface area contributed by atoms with Crippen LogP contribution in [-0.4, -0.2) is 40.5 Å². The predicted molar refractivity (Wildman–Crippen MR) is 101 cm³/mol. The van der Waals surface area contributed by atoms with E-state index in [9.17, 15) is 0 Å². The number of aryl methyl sites for hydroxylation is 1. The Labute approximate surface area is 153 Å². The first-order valence-corrected chi connectivity index (χ1v) is 9.40. The normalized spacial score (nSPS) is 17.4. The molecule has 3 aromatic rings. The van der Waals surface area contributed by atoms with Crippen molar-refractivity contribution in [3.63, 3.8) is 0 Å². The fourth-order valence-electron chi connectivity index (χ4n) is 3.48. The van der Waals surface area contributed by atoms with E-state index in [0.29, 0.717) is 19.8 Å². The highest BCUT2D eigenvalue weighted by molar-refractivity contribution is 6.02. The molecule has 0 spiro atoms. The van der Waals surface area contributed by atoms with Gasteiger partial charge in [0.15, 0.2) is 0 Å². The lowest BCUT2D eigenvalue weighted by Crippen LogP contribution is -2.15. The molecule has 0 saturated carbocycles. The Morgan fingerprint density at radius 3 is 2.96 bits per heavy atom. The second kappa shape index (κ2) is 7.60. The topological polar surface area (TPSA) is 58.4 Å². The van der Waals surface area contributed by atoms with Crippen molar-refractivity contribution in [1.29, 1.82) is 0 Å². The van der Waals surface area contributed by atoms with Crippen LogP contribution in [0.4, 0.5) is 0 Å². The number of rotatable bonds is 7. The predicted octanol–water partition coefficient (Wildman–Crippen LogP) is 3.70. The molecule has 0 aliphatic carbocycles. The SMILES string of the molecule is CCCn1c(COCC)nc2cnc3ccc(OC4CCOC4)cc3c21. The molecule has 1 aromatic carbocycles. The minimum Gasteiger partial charge on any atom is -0.488 e. The van der Waals surface area contributed by atoms with Gasteiger partial charge in [0.25, 0.3) is 0 Å². The molecule has 1 fully saturated rings. The van der Waals surface area contributed by atoms with Gasteiger partial charge in [0.1, 0.15) is 29.8 Å². The molecule has 0 bridgehead atoms. The fraction of sp³-hybridized carbons (Fsp3) is 0.500. The van der Waals surface area contributed by atoms with Crippen LogP contribution in [0.15, 0.2) is 24.4 Å². The van der Waals surface area contributed by atoms with Crippen LogP contribution in [-0.2, 0) is 22.6 Å². The zero-order valence-electron chi connectivity index (χ0n) is 15.4. The second-order valence-electron chi connectivity index (χ2n) is 6.59. The zero-order valence-corrected chi connectivity index (χ0v) is 15.4. The number of hydrogen-bond acceptors (Lipinski definition) is 5. The maximum absolute atomic E-state index is 6.10. The van der Waals surface area contributed by atoms with Crippen molar-refractivity contribution in [2.45, 2.75) is 45.9 Å². The number of imidazole rings is 1. The molecule has 4 rings (SSSR count). The van der Waals surface area contributed by atoms with Gasteiger partial charge in [-0.1, -0.05) is 6.92 Å². The molecular weight excluding hydrogens is 330 g/mol. The number of pyridine rings is 1. The third-order valence-electron chi connectivity index (χ3n) is 4.70. The van der Waals surface area contributed by atoms with Crippen LogP contribution < -0.4 is 4.74 Å². The Bertz CT molecular complexity index is 900. The van der Waals surface area contributed by atoms with Crippen LogP contribution in [0.5, 0.6) is 5.75 Å². The summed E-state index contributed by atoms with van der Waals surface area (Å²) in [6.07, 6.45) is 3.95. The highest BCUT2D eigenvalue weighted by Crippen LogP contribution is 2.29. The summed E-state index contributed by atoms with van der Waals surface area (Å²) in [4.78, 5) is 9.35. The number of aromatic nitrogens is 3. The summed E-state index contributed by atoms with van der Waals surface area (Å²) >= 11 is 0. The molecule has 26 heavy (non-hydrogen) atoms. The Morgan fingerprint density at radius 1 is 1.27 bits per heavy atom. The van der Waals surface area contributed by atoms with Crippen LogP contribution in [0.3, 0.4) is 0 Å². The quantitative estimate of drug-likeness (QED) is 0.647. The van der Waals surface area contributed by atoms with Gasteiger partial charge in [0.2, 0.25) is 0 Å². The molecule has 1 aliphatic rings. The minimum absolute atomic E-state index is 0.133. The van der Waals surface area contributed by atoms with Gasteiger partial charge in [0.05, 0.1) is 30.4 Å². The van der Waals surface area contributed by atoms with Gasteiger partial charge in [-0.15, -0.1) is 0 Å². The molecule has 0 N–H and O–H groups in total. The van der Waals surface area contributed by atoms with Crippen LogP contribution in [0.25, 0.3) is 21.9 Å². The number of ether oxygens (including phenoxy) is 3. The summed E-state index contributed by atoms with van der Waals surface area (Å²) in [5, 5.41) is 1.07. The van der Waals surface area contributed by atoms with Crippen molar-refractivity contribution in [2.75, 3.05) is 19.8 Å². The van der Waals surface area contributed by atoms with E-state index in [1.54, 1.807) is 0 Å². The van der Waals surface area contributed by atoms with Gasteiger partial charge in [-0.25, -0.2) is 4.98 Å². The number of benzene rings is 1. The van der Waals surface area contributed by atoms with Crippen molar-refractivity contribution in [2.24, 2.45) is 0 Å². The standard InChI is InChI=1S/C20H25N3O3/c1-3-8-23-19(13-24-4-2)22-18-11-21-17-6-5-14(10-16(17)20(18)23)26-15-7-9-25-12-15/h5-6,10-11,15H,3-4,7-9,12-13H2,1-2H3. The van der Waals surface area contributed by atoms with Gasteiger partial charge in [-0.3, -0.25) is 4.98 Å². The first-order valence-electron chi connectivity index (χ1n) is 9.40. The van der Waals surface area contributed by atoms with E-state index in [4.69, 9.17) is 19.2 Å². The fourth-order valence-corrected chi connectivity index (χ4v) is 3.48. The van der Waals surface area contributed by atoms with Gasteiger partial charge >= 0.3 is 0 Å². The Morgan fingerprint density at radius 2 is 2.19 bits per heavy atom. The summed E-state index contributed by atoms with van der Waals surface area (Å²) in [5.74, 6) is 1.81. The Balaban J connectivity index is 1.81. The zero-order chi connectivity index (χ0) is 17.9.